The predicted molar refractivity (Wildman–Crippen MR) is 140 cm³/mol. The van der Waals surface area contributed by atoms with Gasteiger partial charge in [0.05, 0.1) is 5.52 Å². The molecule has 174 valence electrons. The maximum atomic E-state index is 6.17. The molecular formula is C28H30ClN5. The minimum absolute atomic E-state index is 0.730. The Morgan fingerprint density at radius 1 is 0.794 bits per heavy atom. The van der Waals surface area contributed by atoms with Crippen molar-refractivity contribution in [3.8, 4) is 0 Å². The fourth-order valence-corrected chi connectivity index (χ4v) is 4.85. The highest BCUT2D eigenvalue weighted by molar-refractivity contribution is 6.31. The summed E-state index contributed by atoms with van der Waals surface area (Å²) >= 11 is 6.17. The molecule has 1 saturated heterocycles. The van der Waals surface area contributed by atoms with Crippen LogP contribution < -0.4 is 4.90 Å². The molecule has 1 aliphatic heterocycles. The van der Waals surface area contributed by atoms with Gasteiger partial charge in [0, 0.05) is 87.0 Å². The molecule has 0 aliphatic carbocycles. The van der Waals surface area contributed by atoms with Gasteiger partial charge in [0.15, 0.2) is 0 Å². The van der Waals surface area contributed by atoms with E-state index in [1.807, 2.05) is 30.7 Å². The number of halogens is 1. The van der Waals surface area contributed by atoms with E-state index in [4.69, 9.17) is 11.6 Å². The summed E-state index contributed by atoms with van der Waals surface area (Å²) in [5.41, 5.74) is 4.87. The second-order valence-electron chi connectivity index (χ2n) is 8.87. The monoisotopic (exact) mass is 471 g/mol. The van der Waals surface area contributed by atoms with Crippen LogP contribution in [0.5, 0.6) is 0 Å². The summed E-state index contributed by atoms with van der Waals surface area (Å²) in [6, 6.07) is 23.1. The average Bonchev–Trinajstić information content (AvgIpc) is 2.88. The smallest absolute Gasteiger partial charge is 0.0737 e. The normalized spacial score (nSPS) is 14.7. The fraction of sp³-hybridized carbons (Fsp3) is 0.286. The number of rotatable bonds is 8. The molecule has 1 aliphatic rings. The average molecular weight is 472 g/mol. The molecule has 34 heavy (non-hydrogen) atoms. The van der Waals surface area contributed by atoms with Crippen molar-refractivity contribution in [1.29, 1.82) is 0 Å². The highest BCUT2D eigenvalue weighted by atomic mass is 35.5. The Labute approximate surface area is 206 Å². The second-order valence-corrected chi connectivity index (χ2v) is 9.31. The number of anilines is 1. The van der Waals surface area contributed by atoms with E-state index in [0.717, 1.165) is 62.9 Å². The molecule has 0 N–H and O–H groups in total. The van der Waals surface area contributed by atoms with Gasteiger partial charge in [-0.15, -0.1) is 0 Å². The summed E-state index contributed by atoms with van der Waals surface area (Å²) in [6.45, 7) is 8.15. The van der Waals surface area contributed by atoms with Crippen LogP contribution in [0.25, 0.3) is 10.9 Å². The van der Waals surface area contributed by atoms with Crippen LogP contribution >= 0.6 is 11.6 Å². The summed E-state index contributed by atoms with van der Waals surface area (Å²) in [4.78, 5) is 16.3. The SMILES string of the molecule is Clc1ccc2c(N3CCN(CCN(Cc4ccccc4)Cc4ccncc4)CC3)ccnc2c1. The lowest BCUT2D eigenvalue weighted by atomic mass is 10.1. The molecule has 5 nitrogen and oxygen atoms in total. The van der Waals surface area contributed by atoms with Crippen LogP contribution in [0.4, 0.5) is 5.69 Å². The third-order valence-corrected chi connectivity index (χ3v) is 6.77. The minimum atomic E-state index is 0.730. The van der Waals surface area contributed by atoms with Crippen molar-refractivity contribution < 1.29 is 0 Å². The van der Waals surface area contributed by atoms with E-state index in [0.29, 0.717) is 0 Å². The molecule has 3 heterocycles. The molecule has 0 spiro atoms. The van der Waals surface area contributed by atoms with Gasteiger partial charge in [-0.25, -0.2) is 0 Å². The number of pyridine rings is 2. The highest BCUT2D eigenvalue weighted by Gasteiger charge is 2.20. The van der Waals surface area contributed by atoms with Gasteiger partial charge in [-0.05, 0) is 47.5 Å². The lowest BCUT2D eigenvalue weighted by Gasteiger charge is -2.37. The molecule has 1 fully saturated rings. The number of hydrogen-bond donors (Lipinski definition) is 0. The van der Waals surface area contributed by atoms with E-state index >= 15 is 0 Å². The van der Waals surface area contributed by atoms with Crippen molar-refractivity contribution in [3.05, 3.63) is 101 Å². The van der Waals surface area contributed by atoms with Crippen molar-refractivity contribution in [2.24, 2.45) is 0 Å². The van der Waals surface area contributed by atoms with E-state index in [9.17, 15) is 0 Å². The molecular weight excluding hydrogens is 442 g/mol. The first kappa shape index (κ1) is 22.8. The standard InChI is InChI=1S/C28H30ClN5/c29-25-6-7-26-27(20-25)31-13-10-28(26)34-18-16-32(17-19-34)14-15-33(21-23-4-2-1-3-5-23)22-24-8-11-30-12-9-24/h1-13,20H,14-19,21-22H2. The summed E-state index contributed by atoms with van der Waals surface area (Å²) in [5.74, 6) is 0. The van der Waals surface area contributed by atoms with Gasteiger partial charge < -0.3 is 4.90 Å². The zero-order chi connectivity index (χ0) is 23.2. The number of benzene rings is 2. The molecule has 2 aromatic carbocycles. The van der Waals surface area contributed by atoms with Crippen LogP contribution in [0.15, 0.2) is 85.3 Å². The molecule has 0 bridgehead atoms. The van der Waals surface area contributed by atoms with Crippen LogP contribution in [0.1, 0.15) is 11.1 Å². The van der Waals surface area contributed by atoms with E-state index in [2.05, 4.69) is 79.3 Å². The molecule has 6 heteroatoms. The van der Waals surface area contributed by atoms with Crippen LogP contribution in [0, 0.1) is 0 Å². The predicted octanol–water partition coefficient (Wildman–Crippen LogP) is 5.11. The first-order chi connectivity index (χ1) is 16.7. The first-order valence-electron chi connectivity index (χ1n) is 11.9. The molecule has 0 radical (unpaired) electrons. The molecule has 5 rings (SSSR count). The number of aromatic nitrogens is 2. The Bertz CT molecular complexity index is 1150. The van der Waals surface area contributed by atoms with E-state index in [1.54, 1.807) is 0 Å². The van der Waals surface area contributed by atoms with Crippen molar-refractivity contribution in [1.82, 2.24) is 19.8 Å². The largest absolute Gasteiger partial charge is 0.368 e. The molecule has 0 atom stereocenters. The zero-order valence-electron chi connectivity index (χ0n) is 19.4. The van der Waals surface area contributed by atoms with Crippen molar-refractivity contribution in [3.63, 3.8) is 0 Å². The Balaban J connectivity index is 1.20. The number of fused-ring (bicyclic) bond motifs is 1. The van der Waals surface area contributed by atoms with E-state index in [-0.39, 0.29) is 0 Å². The van der Waals surface area contributed by atoms with Crippen LogP contribution in [0.2, 0.25) is 5.02 Å². The van der Waals surface area contributed by atoms with Crippen molar-refractivity contribution in [2.45, 2.75) is 13.1 Å². The third-order valence-electron chi connectivity index (χ3n) is 6.53. The maximum Gasteiger partial charge on any atom is 0.0737 e. The van der Waals surface area contributed by atoms with E-state index < -0.39 is 0 Å². The summed E-state index contributed by atoms with van der Waals surface area (Å²) in [7, 11) is 0. The minimum Gasteiger partial charge on any atom is -0.368 e. The molecule has 0 amide bonds. The number of nitrogens with zero attached hydrogens (tertiary/aromatic N) is 5. The Hall–Kier alpha value is -2.99. The van der Waals surface area contributed by atoms with Gasteiger partial charge in [0.1, 0.15) is 0 Å². The van der Waals surface area contributed by atoms with Gasteiger partial charge in [0.2, 0.25) is 0 Å². The molecule has 0 saturated carbocycles. The molecule has 4 aromatic rings. The summed E-state index contributed by atoms with van der Waals surface area (Å²) in [6.07, 6.45) is 5.65. The number of hydrogen-bond acceptors (Lipinski definition) is 5. The van der Waals surface area contributed by atoms with Gasteiger partial charge in [-0.1, -0.05) is 41.9 Å². The summed E-state index contributed by atoms with van der Waals surface area (Å²) < 4.78 is 0. The highest BCUT2D eigenvalue weighted by Crippen LogP contribution is 2.28. The zero-order valence-corrected chi connectivity index (χ0v) is 20.1. The maximum absolute atomic E-state index is 6.17. The van der Waals surface area contributed by atoms with Gasteiger partial charge in [-0.3, -0.25) is 19.8 Å². The summed E-state index contributed by atoms with van der Waals surface area (Å²) in [5, 5.41) is 1.90. The fourth-order valence-electron chi connectivity index (χ4n) is 4.68. The second kappa shape index (κ2) is 11.0. The van der Waals surface area contributed by atoms with Gasteiger partial charge in [-0.2, -0.15) is 0 Å². The lowest BCUT2D eigenvalue weighted by molar-refractivity contribution is 0.186. The Kier molecular flexibility index (Phi) is 7.34. The van der Waals surface area contributed by atoms with Crippen LogP contribution in [-0.4, -0.2) is 59.0 Å². The Morgan fingerprint density at radius 3 is 2.29 bits per heavy atom. The van der Waals surface area contributed by atoms with Gasteiger partial charge >= 0.3 is 0 Å². The van der Waals surface area contributed by atoms with Crippen molar-refractivity contribution in [2.75, 3.05) is 44.2 Å². The van der Waals surface area contributed by atoms with Gasteiger partial charge in [0.25, 0.3) is 0 Å². The third kappa shape index (κ3) is 5.73. The topological polar surface area (TPSA) is 35.5 Å². The lowest BCUT2D eigenvalue weighted by Crippen LogP contribution is -2.48. The Morgan fingerprint density at radius 2 is 1.53 bits per heavy atom. The molecule has 2 aromatic heterocycles. The first-order valence-corrected chi connectivity index (χ1v) is 12.3. The van der Waals surface area contributed by atoms with E-state index in [1.165, 1.54) is 22.2 Å². The molecule has 0 unspecified atom stereocenters. The van der Waals surface area contributed by atoms with Crippen molar-refractivity contribution >= 4 is 28.2 Å². The quantitative estimate of drug-likeness (QED) is 0.357. The van der Waals surface area contributed by atoms with Crippen LogP contribution in [-0.2, 0) is 13.1 Å². The van der Waals surface area contributed by atoms with Crippen LogP contribution in [0.3, 0.4) is 0 Å². The number of piperazine rings is 1.